The third-order valence-electron chi connectivity index (χ3n) is 8.18. The van der Waals surface area contributed by atoms with Gasteiger partial charge >= 0.3 is 0 Å². The van der Waals surface area contributed by atoms with Crippen LogP contribution in [0.5, 0.6) is 0 Å². The van der Waals surface area contributed by atoms with Crippen LogP contribution in [0.4, 0.5) is 0 Å². The van der Waals surface area contributed by atoms with E-state index in [1.807, 2.05) is 48.5 Å². The van der Waals surface area contributed by atoms with Crippen molar-refractivity contribution >= 4 is 0 Å². The lowest BCUT2D eigenvalue weighted by Gasteiger charge is -2.57. The van der Waals surface area contributed by atoms with Gasteiger partial charge in [0.05, 0.1) is 5.56 Å². The van der Waals surface area contributed by atoms with Crippen molar-refractivity contribution in [1.82, 2.24) is 0 Å². The van der Waals surface area contributed by atoms with Crippen LogP contribution < -0.4 is 0 Å². The van der Waals surface area contributed by atoms with E-state index >= 15 is 0 Å². The standard InChI is InChI=1S/C34H28/c1-2-30-15-18-33(34-22-27-19-28(23-34)21-29(20-27)24-34)32(17-14-26-11-7-4-8-12-26)31(30)16-13-25-9-5-3-6-10-25/h1,3-12,15,18,27-29H,19-24H2. The largest absolute Gasteiger partial charge is 0.115 e. The second kappa shape index (κ2) is 8.60. The van der Waals surface area contributed by atoms with Crippen LogP contribution in [-0.2, 0) is 5.41 Å². The molecular formula is C34H28. The third kappa shape index (κ3) is 3.83. The third-order valence-corrected chi connectivity index (χ3v) is 8.18. The molecule has 0 heterocycles. The SMILES string of the molecule is C#Cc1ccc(C23CC4CC(CC(C4)C2)C3)c(C#Cc2ccccc2)c1C#Cc1ccccc1. The average molecular weight is 437 g/mol. The monoisotopic (exact) mass is 436 g/mol. The van der Waals surface area contributed by atoms with Crippen LogP contribution in [0.2, 0.25) is 0 Å². The van der Waals surface area contributed by atoms with Gasteiger partial charge in [-0.05, 0) is 97.6 Å². The van der Waals surface area contributed by atoms with Gasteiger partial charge < -0.3 is 0 Å². The van der Waals surface area contributed by atoms with E-state index < -0.39 is 0 Å². The molecular weight excluding hydrogens is 408 g/mol. The summed E-state index contributed by atoms with van der Waals surface area (Å²) in [4.78, 5) is 0. The fourth-order valence-electron chi connectivity index (χ4n) is 7.18. The molecule has 0 nitrogen and oxygen atoms in total. The topological polar surface area (TPSA) is 0 Å². The highest BCUT2D eigenvalue weighted by molar-refractivity contribution is 5.65. The molecule has 7 rings (SSSR count). The molecule has 0 N–H and O–H groups in total. The van der Waals surface area contributed by atoms with Gasteiger partial charge in [0.1, 0.15) is 0 Å². The molecule has 0 aromatic heterocycles. The Hall–Kier alpha value is -3.66. The van der Waals surface area contributed by atoms with Crippen molar-refractivity contribution in [3.63, 3.8) is 0 Å². The maximum atomic E-state index is 5.99. The van der Waals surface area contributed by atoms with E-state index in [0.717, 1.165) is 45.6 Å². The van der Waals surface area contributed by atoms with Gasteiger partial charge in [-0.15, -0.1) is 6.42 Å². The quantitative estimate of drug-likeness (QED) is 0.363. The van der Waals surface area contributed by atoms with Gasteiger partial charge in [0, 0.05) is 22.3 Å². The smallest absolute Gasteiger partial charge is 0.0565 e. The predicted octanol–water partition coefficient (Wildman–Crippen LogP) is 6.94. The molecule has 4 aliphatic rings. The molecule has 0 heteroatoms. The predicted molar refractivity (Wildman–Crippen MR) is 139 cm³/mol. The minimum Gasteiger partial charge on any atom is -0.115 e. The maximum Gasteiger partial charge on any atom is 0.0565 e. The molecule has 0 aliphatic heterocycles. The first-order chi connectivity index (χ1) is 16.7. The van der Waals surface area contributed by atoms with Crippen molar-refractivity contribution in [2.24, 2.45) is 17.8 Å². The Labute approximate surface area is 203 Å². The van der Waals surface area contributed by atoms with Gasteiger partial charge in [-0.3, -0.25) is 0 Å². The van der Waals surface area contributed by atoms with Gasteiger partial charge in [0.2, 0.25) is 0 Å². The molecule has 3 aromatic carbocycles. The second-order valence-electron chi connectivity index (χ2n) is 10.5. The second-order valence-corrected chi connectivity index (χ2v) is 10.5. The summed E-state index contributed by atoms with van der Waals surface area (Å²) in [5.74, 6) is 19.4. The summed E-state index contributed by atoms with van der Waals surface area (Å²) >= 11 is 0. The molecule has 0 amide bonds. The number of hydrogen-bond acceptors (Lipinski definition) is 0. The molecule has 34 heavy (non-hydrogen) atoms. The van der Waals surface area contributed by atoms with Gasteiger partial charge in [-0.25, -0.2) is 0 Å². The van der Waals surface area contributed by atoms with E-state index in [9.17, 15) is 0 Å². The Balaban J connectivity index is 1.54. The first-order valence-electron chi connectivity index (χ1n) is 12.5. The van der Waals surface area contributed by atoms with Crippen molar-refractivity contribution in [3.8, 4) is 36.0 Å². The summed E-state index contributed by atoms with van der Waals surface area (Å²) in [6.07, 6.45) is 14.1. The lowest BCUT2D eigenvalue weighted by molar-refractivity contribution is -0.00530. The van der Waals surface area contributed by atoms with Crippen LogP contribution in [0.3, 0.4) is 0 Å². The molecule has 0 saturated heterocycles. The Bertz CT molecular complexity index is 1340. The normalized spacial score (nSPS) is 26.0. The molecule has 0 spiro atoms. The van der Waals surface area contributed by atoms with E-state index in [2.05, 4.69) is 53.9 Å². The van der Waals surface area contributed by atoms with Crippen molar-refractivity contribution in [3.05, 3.63) is 106 Å². The van der Waals surface area contributed by atoms with Crippen molar-refractivity contribution in [2.75, 3.05) is 0 Å². The number of benzene rings is 3. The molecule has 4 bridgehead atoms. The molecule has 4 fully saturated rings. The van der Waals surface area contributed by atoms with Crippen LogP contribution in [0, 0.1) is 53.8 Å². The van der Waals surface area contributed by atoms with Crippen molar-refractivity contribution in [1.29, 1.82) is 0 Å². The fourth-order valence-corrected chi connectivity index (χ4v) is 7.18. The zero-order valence-electron chi connectivity index (χ0n) is 19.5. The summed E-state index contributed by atoms with van der Waals surface area (Å²) in [6, 6.07) is 24.8. The molecule has 0 unspecified atom stereocenters. The molecule has 0 atom stereocenters. The van der Waals surface area contributed by atoms with E-state index in [1.165, 1.54) is 44.1 Å². The summed E-state index contributed by atoms with van der Waals surface area (Å²) in [5.41, 5.74) is 6.46. The van der Waals surface area contributed by atoms with Crippen LogP contribution in [-0.4, -0.2) is 0 Å². The molecule has 0 radical (unpaired) electrons. The minimum absolute atomic E-state index is 0.228. The minimum atomic E-state index is 0.228. The molecule has 4 aliphatic carbocycles. The Morgan fingerprint density at radius 3 is 1.59 bits per heavy atom. The number of hydrogen-bond donors (Lipinski definition) is 0. The van der Waals surface area contributed by atoms with Crippen LogP contribution >= 0.6 is 0 Å². The van der Waals surface area contributed by atoms with Gasteiger partial charge in [-0.2, -0.15) is 0 Å². The summed E-state index contributed by atoms with van der Waals surface area (Å²) in [6.45, 7) is 0. The Kier molecular flexibility index (Phi) is 5.29. The maximum absolute atomic E-state index is 5.99. The number of terminal acetylenes is 1. The highest BCUT2D eigenvalue weighted by atomic mass is 14.6. The lowest BCUT2D eigenvalue weighted by atomic mass is 9.47. The van der Waals surface area contributed by atoms with E-state index in [-0.39, 0.29) is 5.41 Å². The highest BCUT2D eigenvalue weighted by Crippen LogP contribution is 2.61. The summed E-state index contributed by atoms with van der Waals surface area (Å²) in [7, 11) is 0. The average Bonchev–Trinajstić information content (AvgIpc) is 2.86. The van der Waals surface area contributed by atoms with Crippen LogP contribution in [0.1, 0.15) is 71.9 Å². The van der Waals surface area contributed by atoms with E-state index in [1.54, 1.807) is 0 Å². The van der Waals surface area contributed by atoms with Crippen molar-refractivity contribution in [2.45, 2.75) is 43.9 Å². The van der Waals surface area contributed by atoms with E-state index in [0.29, 0.717) is 0 Å². The zero-order chi connectivity index (χ0) is 23.0. The van der Waals surface area contributed by atoms with Crippen LogP contribution in [0.15, 0.2) is 72.8 Å². The van der Waals surface area contributed by atoms with Crippen molar-refractivity contribution < 1.29 is 0 Å². The van der Waals surface area contributed by atoms with Gasteiger partial charge in [-0.1, -0.05) is 72.1 Å². The fraction of sp³-hybridized carbons (Fsp3) is 0.294. The molecule has 3 aromatic rings. The van der Waals surface area contributed by atoms with E-state index in [4.69, 9.17) is 6.42 Å². The Morgan fingerprint density at radius 1 is 0.588 bits per heavy atom. The molecule has 4 saturated carbocycles. The lowest BCUT2D eigenvalue weighted by Crippen LogP contribution is -2.49. The zero-order valence-corrected chi connectivity index (χ0v) is 19.5. The molecule has 164 valence electrons. The summed E-state index contributed by atoms with van der Waals surface area (Å²) < 4.78 is 0. The van der Waals surface area contributed by atoms with Gasteiger partial charge in [0.25, 0.3) is 0 Å². The highest BCUT2D eigenvalue weighted by Gasteiger charge is 2.52. The first kappa shape index (κ1) is 20.9. The first-order valence-corrected chi connectivity index (χ1v) is 12.5. The number of rotatable bonds is 1. The summed E-state index contributed by atoms with van der Waals surface area (Å²) in [5, 5.41) is 0. The van der Waals surface area contributed by atoms with Crippen LogP contribution in [0.25, 0.3) is 0 Å². The van der Waals surface area contributed by atoms with Gasteiger partial charge in [0.15, 0.2) is 0 Å². The Morgan fingerprint density at radius 2 is 1.09 bits per heavy atom.